The molecule has 0 aliphatic carbocycles. The van der Waals surface area contributed by atoms with Crippen molar-refractivity contribution in [2.45, 2.75) is 101 Å². The number of ketones is 1. The van der Waals surface area contributed by atoms with Gasteiger partial charge in [-0.15, -0.1) is 10.2 Å². The summed E-state index contributed by atoms with van der Waals surface area (Å²) >= 11 is 6.27. The third kappa shape index (κ3) is 16.1. The number of rotatable bonds is 24. The van der Waals surface area contributed by atoms with Gasteiger partial charge in [0.25, 0.3) is 38.0 Å². The average molecular weight is 1060 g/mol. The first-order chi connectivity index (χ1) is 34.1. The van der Waals surface area contributed by atoms with Crippen LogP contribution in [0.4, 0.5) is 13.9 Å². The van der Waals surface area contributed by atoms with Crippen molar-refractivity contribution in [1.82, 2.24) is 51.1 Å². The first-order valence-corrected chi connectivity index (χ1v) is 25.0. The number of hydrogen-bond acceptors (Lipinski definition) is 16. The maximum atomic E-state index is 14.7. The van der Waals surface area contributed by atoms with Crippen LogP contribution in [-0.4, -0.2) is 130 Å². The molecular formula is C45H52ClF2N11O11S2. The molecule has 7 amide bonds. The van der Waals surface area contributed by atoms with Crippen LogP contribution in [0.1, 0.15) is 79.8 Å². The molecule has 1 unspecified atom stereocenters. The lowest BCUT2D eigenvalue weighted by Crippen LogP contribution is -2.59. The monoisotopic (exact) mass is 1060 g/mol. The van der Waals surface area contributed by atoms with Gasteiger partial charge in [0.15, 0.2) is 0 Å². The summed E-state index contributed by atoms with van der Waals surface area (Å²) in [5.41, 5.74) is 0.812. The Morgan fingerprint density at radius 3 is 2.29 bits per heavy atom. The van der Waals surface area contributed by atoms with Crippen molar-refractivity contribution in [2.75, 3.05) is 18.4 Å². The molecule has 1 fully saturated rings. The third-order valence-electron chi connectivity index (χ3n) is 11.0. The van der Waals surface area contributed by atoms with Gasteiger partial charge < -0.3 is 30.9 Å². The molecular weight excluding hydrogens is 1010 g/mol. The van der Waals surface area contributed by atoms with Crippen LogP contribution in [-0.2, 0) is 50.1 Å². The van der Waals surface area contributed by atoms with Crippen LogP contribution in [0.15, 0.2) is 77.5 Å². The second-order valence-corrected chi connectivity index (χ2v) is 20.1. The number of alkyl halides is 2. The van der Waals surface area contributed by atoms with E-state index in [0.29, 0.717) is 17.8 Å². The second-order valence-electron chi connectivity index (χ2n) is 16.9. The number of hydrogen-bond donors (Lipinski definition) is 6. The van der Waals surface area contributed by atoms with Crippen LogP contribution in [0.3, 0.4) is 0 Å². The topological polar surface area (TPSA) is 307 Å². The number of anilines is 1. The molecule has 22 nitrogen and oxygen atoms in total. The Bertz CT molecular complexity index is 2710. The molecule has 0 saturated carbocycles. The molecule has 3 heterocycles. The fourth-order valence-electron chi connectivity index (χ4n) is 7.15. The van der Waals surface area contributed by atoms with Crippen LogP contribution >= 0.6 is 22.9 Å². The van der Waals surface area contributed by atoms with E-state index in [1.54, 1.807) is 48.9 Å². The van der Waals surface area contributed by atoms with Gasteiger partial charge in [0.2, 0.25) is 35.1 Å². The fraction of sp³-hybridized carbons (Fsp3) is 0.422. The zero-order valence-electron chi connectivity index (χ0n) is 39.2. The zero-order valence-corrected chi connectivity index (χ0v) is 41.6. The Balaban J connectivity index is 1.28. The molecule has 0 bridgehead atoms. The van der Waals surface area contributed by atoms with Gasteiger partial charge in [-0.25, -0.2) is 18.5 Å². The average Bonchev–Trinajstić information content (AvgIpc) is 4.02. The zero-order chi connectivity index (χ0) is 52.7. The minimum absolute atomic E-state index is 0.0438. The van der Waals surface area contributed by atoms with E-state index in [0.717, 1.165) is 10.5 Å². The predicted octanol–water partition coefficient (Wildman–Crippen LogP) is 2.43. The van der Waals surface area contributed by atoms with E-state index in [-0.39, 0.29) is 53.3 Å². The Kier molecular flexibility index (Phi) is 20.2. The summed E-state index contributed by atoms with van der Waals surface area (Å²) in [4.78, 5) is 117. The van der Waals surface area contributed by atoms with Gasteiger partial charge in [0.1, 0.15) is 29.9 Å². The van der Waals surface area contributed by atoms with E-state index in [9.17, 15) is 55.6 Å². The minimum Gasteiger partial charge on any atom is -0.372 e. The fourth-order valence-corrected chi connectivity index (χ4v) is 9.22. The Morgan fingerprint density at radius 1 is 0.903 bits per heavy atom. The number of likely N-dealkylation sites (tertiary alicyclic amines) is 1. The van der Waals surface area contributed by atoms with E-state index in [1.165, 1.54) is 42.9 Å². The first kappa shape index (κ1) is 56.0. The number of carbonyl (C=O) groups excluding carboxylic acids is 8. The number of benzene rings is 2. The largest absolute Gasteiger partial charge is 0.372 e. The number of halogens is 3. The van der Waals surface area contributed by atoms with Gasteiger partial charge in [-0.1, -0.05) is 93.5 Å². The van der Waals surface area contributed by atoms with Crippen LogP contribution < -0.4 is 31.3 Å². The quantitative estimate of drug-likeness (QED) is 0.0434. The van der Waals surface area contributed by atoms with E-state index in [1.807, 2.05) is 19.2 Å². The minimum atomic E-state index is -4.76. The standard InChI is InChI=1S/C45H52ClF2N11O11S2/c1-5-25(4)36(54-39(63)31(16-24(2)3)53-40(64)32-20-49-14-15-50-32)43(67)59-22-29(70-23-26-10-7-6-8-11-26)18-33(59)41(65)52-30(19-34(47)48)37(61)42(66)51-21-35(60)58-72(68,69)45-57-56-44(71-45)55-38(62)27-12-9-13-28(46)17-27/h6-15,17,20,24-25,29-31,33-34,36H,5,16,18-19,21-23H2,1-4H3,(H,51,66)(H,52,65)(H,53,64)(H,54,63)(H,58,60)(H,55,56,62)/t25-,29-,30+,31?,33-,36+/m1/s1. The number of Topliss-reactive ketones (excluding diaryl/α,β-unsaturated/α-hetero) is 1. The number of carbonyl (C=O) groups is 8. The lowest BCUT2D eigenvalue weighted by atomic mass is 9.96. The van der Waals surface area contributed by atoms with Gasteiger partial charge in [-0.2, -0.15) is 8.42 Å². The van der Waals surface area contributed by atoms with Gasteiger partial charge in [-0.3, -0.25) is 48.7 Å². The van der Waals surface area contributed by atoms with Gasteiger partial charge in [0.05, 0.1) is 25.5 Å². The molecule has 1 aliphatic heterocycles. The summed E-state index contributed by atoms with van der Waals surface area (Å²) < 4.78 is 60.7. The maximum Gasteiger partial charge on any atom is 0.293 e. The van der Waals surface area contributed by atoms with E-state index < -0.39 is 117 Å². The summed E-state index contributed by atoms with van der Waals surface area (Å²) in [6.45, 7) is 5.72. The van der Waals surface area contributed by atoms with Crippen LogP contribution in [0.5, 0.6) is 0 Å². The van der Waals surface area contributed by atoms with E-state index >= 15 is 0 Å². The number of sulfonamides is 1. The number of nitrogens with one attached hydrogen (secondary N) is 6. The molecule has 2 aromatic carbocycles. The summed E-state index contributed by atoms with van der Waals surface area (Å²) in [5.74, 6) is -9.39. The Hall–Kier alpha value is -6.90. The molecule has 72 heavy (non-hydrogen) atoms. The number of aromatic nitrogens is 4. The molecule has 27 heteroatoms. The van der Waals surface area contributed by atoms with Gasteiger partial charge >= 0.3 is 0 Å². The van der Waals surface area contributed by atoms with Crippen molar-refractivity contribution < 1.29 is 60.3 Å². The van der Waals surface area contributed by atoms with Gasteiger partial charge in [-0.05, 0) is 42.0 Å². The number of ether oxygens (including phenoxy) is 1. The molecule has 6 N–H and O–H groups in total. The molecule has 0 radical (unpaired) electrons. The summed E-state index contributed by atoms with van der Waals surface area (Å²) in [7, 11) is -4.76. The van der Waals surface area contributed by atoms with E-state index in [4.69, 9.17) is 16.3 Å². The van der Waals surface area contributed by atoms with Crippen LogP contribution in [0.2, 0.25) is 5.02 Å². The molecule has 386 valence electrons. The Morgan fingerprint density at radius 2 is 1.64 bits per heavy atom. The summed E-state index contributed by atoms with van der Waals surface area (Å²) in [6.07, 6.45) is -1.32. The highest BCUT2D eigenvalue weighted by Crippen LogP contribution is 2.26. The molecule has 2 aromatic heterocycles. The number of amides is 7. The molecule has 5 rings (SSSR count). The Labute approximate surface area is 421 Å². The second kappa shape index (κ2) is 26.0. The highest BCUT2D eigenvalue weighted by Gasteiger charge is 2.45. The van der Waals surface area contributed by atoms with E-state index in [2.05, 4.69) is 41.4 Å². The predicted molar refractivity (Wildman–Crippen MR) is 254 cm³/mol. The molecule has 4 aromatic rings. The lowest BCUT2D eigenvalue weighted by Gasteiger charge is -2.33. The SMILES string of the molecule is CC[C@@H](C)[C@H](NC(=O)C(CC(C)C)NC(=O)c1cnccn1)C(=O)N1C[C@H](OCc2ccccc2)C[C@@H]1C(=O)N[C@@H](CC(F)F)C(=O)C(=O)NCC(=O)NS(=O)(=O)c1nnc(NC(=O)c2cccc(Cl)c2)s1. The highest BCUT2D eigenvalue weighted by atomic mass is 35.5. The van der Waals surface area contributed by atoms with Crippen molar-refractivity contribution in [3.05, 3.63) is 95.0 Å². The summed E-state index contributed by atoms with van der Waals surface area (Å²) in [5, 5.41) is 18.7. The molecule has 0 spiro atoms. The highest BCUT2D eigenvalue weighted by molar-refractivity contribution is 7.92. The van der Waals surface area contributed by atoms with Crippen molar-refractivity contribution >= 4 is 85.2 Å². The third-order valence-corrected chi connectivity index (χ3v) is 13.8. The maximum absolute atomic E-state index is 14.7. The molecule has 1 aliphatic rings. The number of nitrogens with zero attached hydrogens (tertiary/aromatic N) is 5. The lowest BCUT2D eigenvalue weighted by molar-refractivity contribution is -0.144. The molecule has 6 atom stereocenters. The van der Waals surface area contributed by atoms with Crippen LogP contribution in [0, 0.1) is 11.8 Å². The van der Waals surface area contributed by atoms with Crippen LogP contribution in [0.25, 0.3) is 0 Å². The summed E-state index contributed by atoms with van der Waals surface area (Å²) in [6, 6.07) is 8.55. The smallest absolute Gasteiger partial charge is 0.293 e. The first-order valence-electron chi connectivity index (χ1n) is 22.3. The van der Waals surface area contributed by atoms with Crippen molar-refractivity contribution in [1.29, 1.82) is 0 Å². The van der Waals surface area contributed by atoms with Crippen molar-refractivity contribution in [2.24, 2.45) is 11.8 Å². The van der Waals surface area contributed by atoms with Crippen molar-refractivity contribution in [3.63, 3.8) is 0 Å². The molecule has 1 saturated heterocycles. The normalized spacial score (nSPS) is 16.2. The van der Waals surface area contributed by atoms with Gasteiger partial charge in [0, 0.05) is 42.4 Å². The van der Waals surface area contributed by atoms with Crippen molar-refractivity contribution in [3.8, 4) is 0 Å².